The van der Waals surface area contributed by atoms with Gasteiger partial charge in [0.1, 0.15) is 0 Å². The third kappa shape index (κ3) is 4.38. The highest BCUT2D eigenvalue weighted by molar-refractivity contribution is 6.31. The van der Waals surface area contributed by atoms with E-state index in [1.807, 2.05) is 0 Å². The van der Waals surface area contributed by atoms with Crippen molar-refractivity contribution in [1.29, 1.82) is 0 Å². The Bertz CT molecular complexity index is 1030. The third-order valence-corrected chi connectivity index (χ3v) is 5.20. The summed E-state index contributed by atoms with van der Waals surface area (Å²) in [6.07, 6.45) is -17.3. The molecule has 0 amide bonds. The average molecular weight is 491 g/mol. The zero-order valence-electron chi connectivity index (χ0n) is 15.6. The number of oxime groups is 1. The Morgan fingerprint density at radius 1 is 0.906 bits per heavy atom. The van der Waals surface area contributed by atoms with Gasteiger partial charge in [-0.25, -0.2) is 0 Å². The van der Waals surface area contributed by atoms with E-state index in [-0.39, 0.29) is 41.0 Å². The van der Waals surface area contributed by atoms with Crippen LogP contribution in [-0.2, 0) is 29.3 Å². The van der Waals surface area contributed by atoms with Crippen molar-refractivity contribution in [2.75, 3.05) is 0 Å². The number of hydrogen-bond donors (Lipinski definition) is 1. The highest BCUT2D eigenvalue weighted by Crippen LogP contribution is 2.51. The first kappa shape index (κ1) is 24.2. The smallest absolute Gasteiger partial charge is 0.374 e. The van der Waals surface area contributed by atoms with Crippen LogP contribution in [0.3, 0.4) is 0 Å². The van der Waals surface area contributed by atoms with Crippen LogP contribution in [0, 0.1) is 0 Å². The molecule has 0 saturated heterocycles. The van der Waals surface area contributed by atoms with Crippen LogP contribution in [0.1, 0.15) is 34.2 Å². The molecule has 0 aromatic heterocycles. The van der Waals surface area contributed by atoms with Gasteiger partial charge < -0.3 is 10.6 Å². The van der Waals surface area contributed by atoms with Gasteiger partial charge in [0.05, 0.1) is 16.8 Å². The second-order valence-electron chi connectivity index (χ2n) is 6.94. The molecule has 2 aromatic carbocycles. The highest BCUT2D eigenvalue weighted by atomic mass is 35.5. The van der Waals surface area contributed by atoms with Gasteiger partial charge >= 0.3 is 18.5 Å². The van der Waals surface area contributed by atoms with Gasteiger partial charge in [-0.15, -0.1) is 0 Å². The first-order chi connectivity index (χ1) is 14.6. The van der Waals surface area contributed by atoms with Crippen LogP contribution in [0.2, 0.25) is 5.02 Å². The van der Waals surface area contributed by atoms with E-state index in [4.69, 9.17) is 17.3 Å². The fraction of sp³-hybridized carbons (Fsp3) is 0.316. The van der Waals surface area contributed by atoms with Crippen LogP contribution >= 0.6 is 11.6 Å². The van der Waals surface area contributed by atoms with Crippen molar-refractivity contribution in [3.63, 3.8) is 0 Å². The van der Waals surface area contributed by atoms with Crippen LogP contribution in [0.25, 0.3) is 0 Å². The summed E-state index contributed by atoms with van der Waals surface area (Å²) in [5.74, 6) is 0. The quantitative estimate of drug-likeness (QED) is 0.505. The van der Waals surface area contributed by atoms with Crippen LogP contribution in [0.4, 0.5) is 39.5 Å². The molecule has 32 heavy (non-hydrogen) atoms. The van der Waals surface area contributed by atoms with Gasteiger partial charge in [-0.1, -0.05) is 28.9 Å². The fourth-order valence-corrected chi connectivity index (χ4v) is 3.40. The zero-order valence-corrected chi connectivity index (χ0v) is 16.3. The number of alkyl halides is 9. The molecule has 0 fully saturated rings. The first-order valence-corrected chi connectivity index (χ1v) is 9.07. The van der Waals surface area contributed by atoms with E-state index in [0.717, 1.165) is 0 Å². The molecule has 1 aliphatic heterocycles. The summed E-state index contributed by atoms with van der Waals surface area (Å²) in [6, 6.07) is 3.63. The summed E-state index contributed by atoms with van der Waals surface area (Å²) in [5, 5.41) is 3.42. The van der Waals surface area contributed by atoms with Crippen LogP contribution < -0.4 is 5.73 Å². The molecule has 1 heterocycles. The molecule has 1 unspecified atom stereocenters. The van der Waals surface area contributed by atoms with Crippen molar-refractivity contribution in [3.05, 3.63) is 69.2 Å². The average Bonchev–Trinajstić information content (AvgIpc) is 3.13. The van der Waals surface area contributed by atoms with Gasteiger partial charge in [-0.05, 0) is 29.8 Å². The Balaban J connectivity index is 2.14. The van der Waals surface area contributed by atoms with Gasteiger partial charge in [0.25, 0.3) is 5.60 Å². The molecule has 174 valence electrons. The van der Waals surface area contributed by atoms with Gasteiger partial charge in [-0.2, -0.15) is 39.5 Å². The summed E-state index contributed by atoms with van der Waals surface area (Å²) >= 11 is 5.98. The lowest BCUT2D eigenvalue weighted by atomic mass is 9.84. The van der Waals surface area contributed by atoms with Crippen LogP contribution in [0.15, 0.2) is 41.6 Å². The Labute approximate surface area is 179 Å². The van der Waals surface area contributed by atoms with Gasteiger partial charge in [0.15, 0.2) is 0 Å². The molecule has 0 radical (unpaired) electrons. The topological polar surface area (TPSA) is 47.6 Å². The largest absolute Gasteiger partial charge is 0.435 e. The molecule has 0 spiro atoms. The van der Waals surface area contributed by atoms with E-state index in [1.54, 1.807) is 0 Å². The van der Waals surface area contributed by atoms with Gasteiger partial charge in [-0.3, -0.25) is 0 Å². The maximum absolute atomic E-state index is 14.0. The summed E-state index contributed by atoms with van der Waals surface area (Å²) < 4.78 is 121. The summed E-state index contributed by atoms with van der Waals surface area (Å²) in [4.78, 5) is 4.55. The molecule has 1 atom stereocenters. The maximum Gasteiger partial charge on any atom is 0.435 e. The van der Waals surface area contributed by atoms with E-state index in [1.165, 1.54) is 18.2 Å². The molecule has 13 heteroatoms. The normalized spacial score (nSPS) is 19.7. The number of halogens is 10. The van der Waals surface area contributed by atoms with Crippen LogP contribution in [-0.4, -0.2) is 11.9 Å². The van der Waals surface area contributed by atoms with Crippen molar-refractivity contribution >= 4 is 17.3 Å². The molecule has 0 aliphatic carbocycles. The van der Waals surface area contributed by atoms with E-state index < -0.39 is 47.2 Å². The van der Waals surface area contributed by atoms with Crippen molar-refractivity contribution < 1.29 is 44.4 Å². The minimum Gasteiger partial charge on any atom is -0.374 e. The summed E-state index contributed by atoms with van der Waals surface area (Å²) in [7, 11) is 0. The monoisotopic (exact) mass is 490 g/mol. The van der Waals surface area contributed by atoms with E-state index >= 15 is 0 Å². The molecule has 2 N–H and O–H groups in total. The molecule has 1 aliphatic rings. The Kier molecular flexibility index (Phi) is 5.92. The second kappa shape index (κ2) is 7.84. The summed E-state index contributed by atoms with van der Waals surface area (Å²) in [5.41, 5.74) is -3.15. The van der Waals surface area contributed by atoms with Crippen LogP contribution in [0.5, 0.6) is 0 Å². The molecular weight excluding hydrogens is 479 g/mol. The fourth-order valence-electron chi connectivity index (χ4n) is 3.14. The number of hydrogen-bond acceptors (Lipinski definition) is 3. The predicted octanol–water partition coefficient (Wildman–Crippen LogP) is 6.42. The zero-order chi connectivity index (χ0) is 24.1. The molecule has 0 bridgehead atoms. The first-order valence-electron chi connectivity index (χ1n) is 8.69. The maximum atomic E-state index is 14.0. The molecular formula is C19H12ClF9N2O. The lowest BCUT2D eigenvalue weighted by Crippen LogP contribution is -2.43. The van der Waals surface area contributed by atoms with Crippen molar-refractivity contribution in [3.8, 4) is 0 Å². The number of benzene rings is 2. The SMILES string of the molecule is NCc1ccc(C2=NOC(c3cc(C(F)(F)F)cc(C(F)(F)F)c3)(C(F)(F)F)C2)cc1Cl. The molecule has 2 aromatic rings. The summed E-state index contributed by atoms with van der Waals surface area (Å²) in [6.45, 7) is 0.0268. The number of rotatable bonds is 3. The minimum absolute atomic E-state index is 0.0221. The van der Waals surface area contributed by atoms with E-state index in [2.05, 4.69) is 9.99 Å². The third-order valence-electron chi connectivity index (χ3n) is 4.85. The van der Waals surface area contributed by atoms with E-state index in [9.17, 15) is 39.5 Å². The van der Waals surface area contributed by atoms with Gasteiger partial charge in [0, 0.05) is 29.1 Å². The second-order valence-corrected chi connectivity index (χ2v) is 7.34. The lowest BCUT2D eigenvalue weighted by Gasteiger charge is -2.30. The molecule has 3 nitrogen and oxygen atoms in total. The highest BCUT2D eigenvalue weighted by Gasteiger charge is 2.63. The Hall–Kier alpha value is -2.47. The molecule has 0 saturated carbocycles. The van der Waals surface area contributed by atoms with Crippen molar-refractivity contribution in [1.82, 2.24) is 0 Å². The minimum atomic E-state index is -5.41. The van der Waals surface area contributed by atoms with E-state index in [0.29, 0.717) is 5.56 Å². The van der Waals surface area contributed by atoms with Crippen molar-refractivity contribution in [2.45, 2.75) is 37.1 Å². The Morgan fingerprint density at radius 2 is 1.47 bits per heavy atom. The Morgan fingerprint density at radius 3 is 1.91 bits per heavy atom. The number of nitrogens with two attached hydrogens (primary N) is 1. The predicted molar refractivity (Wildman–Crippen MR) is 95.8 cm³/mol. The van der Waals surface area contributed by atoms with Crippen molar-refractivity contribution in [2.24, 2.45) is 10.9 Å². The number of nitrogens with zero attached hydrogens (tertiary/aromatic N) is 1. The van der Waals surface area contributed by atoms with Gasteiger partial charge in [0.2, 0.25) is 0 Å². The molecule has 3 rings (SSSR count). The standard InChI is InChI=1S/C19H12ClF9N2O/c20-14-3-9(1-2-10(14)8-30)15-7-16(32-31-15,19(27,28)29)11-4-12(17(21,22)23)6-13(5-11)18(24,25)26/h1-6H,7-8,30H2. The lowest BCUT2D eigenvalue weighted by molar-refractivity contribution is -0.276.